The molecule has 0 aliphatic carbocycles. The zero-order valence-corrected chi connectivity index (χ0v) is 21.2. The molecule has 1 N–H and O–H groups in total. The van der Waals surface area contributed by atoms with Gasteiger partial charge in [0.2, 0.25) is 10.0 Å². The van der Waals surface area contributed by atoms with Crippen molar-refractivity contribution in [1.29, 1.82) is 5.26 Å². The molecule has 33 heavy (non-hydrogen) atoms. The molecule has 0 spiro atoms. The van der Waals surface area contributed by atoms with Crippen LogP contribution < -0.4 is 5.32 Å². The largest absolute Gasteiger partial charge is 0.338 e. The van der Waals surface area contributed by atoms with Crippen LogP contribution in [0, 0.1) is 11.3 Å². The van der Waals surface area contributed by atoms with E-state index in [4.69, 9.17) is 40.1 Å². The van der Waals surface area contributed by atoms with Gasteiger partial charge in [-0.15, -0.1) is 11.6 Å². The van der Waals surface area contributed by atoms with Gasteiger partial charge in [-0.2, -0.15) is 9.57 Å². The topological polar surface area (TPSA) is 93.5 Å². The molecule has 2 amide bonds. The molecule has 0 bridgehead atoms. The molecule has 2 aromatic rings. The lowest BCUT2D eigenvalue weighted by Gasteiger charge is -2.26. The van der Waals surface area contributed by atoms with E-state index in [1.807, 2.05) is 12.1 Å². The second-order valence-electron chi connectivity index (χ2n) is 7.20. The highest BCUT2D eigenvalue weighted by molar-refractivity contribution is 7.89. The van der Waals surface area contributed by atoms with Gasteiger partial charge in [0.15, 0.2) is 0 Å². The van der Waals surface area contributed by atoms with Gasteiger partial charge in [-0.1, -0.05) is 41.4 Å². The predicted octanol–water partition coefficient (Wildman–Crippen LogP) is 4.37. The van der Waals surface area contributed by atoms with Crippen molar-refractivity contribution in [2.24, 2.45) is 0 Å². The van der Waals surface area contributed by atoms with Crippen LogP contribution in [0.25, 0.3) is 0 Å². The van der Waals surface area contributed by atoms with E-state index in [2.05, 4.69) is 11.4 Å². The fourth-order valence-electron chi connectivity index (χ4n) is 2.97. The molecular formula is C22H25Cl3N4O3S. The van der Waals surface area contributed by atoms with E-state index in [1.54, 1.807) is 12.1 Å². The zero-order chi connectivity index (χ0) is 24.4. The molecular weight excluding hydrogens is 507 g/mol. The van der Waals surface area contributed by atoms with Crippen LogP contribution >= 0.6 is 34.8 Å². The van der Waals surface area contributed by atoms with Crippen molar-refractivity contribution in [1.82, 2.24) is 14.5 Å². The maximum atomic E-state index is 12.9. The Kier molecular flexibility index (Phi) is 10.7. The SMILES string of the molecule is CN(CCN(CCCCl)C(=O)NCCc1ccc(C#N)cc1)S(=O)(=O)c1cccc(Cl)c1Cl. The van der Waals surface area contributed by atoms with Gasteiger partial charge in [-0.25, -0.2) is 13.2 Å². The summed E-state index contributed by atoms with van der Waals surface area (Å²) < 4.78 is 26.9. The highest BCUT2D eigenvalue weighted by atomic mass is 35.5. The molecule has 2 aromatic carbocycles. The molecule has 0 atom stereocenters. The molecule has 0 unspecified atom stereocenters. The van der Waals surface area contributed by atoms with Gasteiger partial charge in [-0.05, 0) is 42.7 Å². The highest BCUT2D eigenvalue weighted by Crippen LogP contribution is 2.30. The molecule has 0 radical (unpaired) electrons. The number of sulfonamides is 1. The fraction of sp³-hybridized carbons (Fsp3) is 0.364. The Bertz CT molecular complexity index is 1090. The maximum Gasteiger partial charge on any atom is 0.317 e. The molecule has 0 aromatic heterocycles. The number of carbonyl (C=O) groups excluding carboxylic acids is 1. The number of rotatable bonds is 11. The minimum atomic E-state index is -3.88. The summed E-state index contributed by atoms with van der Waals surface area (Å²) >= 11 is 17.8. The van der Waals surface area contributed by atoms with Crippen molar-refractivity contribution in [2.75, 3.05) is 39.1 Å². The molecule has 0 saturated heterocycles. The van der Waals surface area contributed by atoms with E-state index < -0.39 is 10.0 Å². The van der Waals surface area contributed by atoms with Gasteiger partial charge in [-0.3, -0.25) is 0 Å². The first-order chi connectivity index (χ1) is 15.7. The molecule has 0 heterocycles. The van der Waals surface area contributed by atoms with Crippen LogP contribution in [-0.4, -0.2) is 62.8 Å². The minimum absolute atomic E-state index is 0.0365. The lowest BCUT2D eigenvalue weighted by molar-refractivity contribution is 0.195. The first-order valence-corrected chi connectivity index (χ1v) is 12.9. The number of hydrogen-bond acceptors (Lipinski definition) is 4. The van der Waals surface area contributed by atoms with Gasteiger partial charge >= 0.3 is 6.03 Å². The Morgan fingerprint density at radius 3 is 2.42 bits per heavy atom. The number of carbonyl (C=O) groups is 1. The van der Waals surface area contributed by atoms with E-state index in [9.17, 15) is 13.2 Å². The Balaban J connectivity index is 1.97. The summed E-state index contributed by atoms with van der Waals surface area (Å²) in [7, 11) is -2.46. The van der Waals surface area contributed by atoms with E-state index in [0.29, 0.717) is 37.4 Å². The van der Waals surface area contributed by atoms with Gasteiger partial charge in [0, 0.05) is 39.1 Å². The number of halogens is 3. The van der Waals surface area contributed by atoms with Crippen LogP contribution in [0.2, 0.25) is 10.0 Å². The third kappa shape index (κ3) is 7.76. The number of alkyl halides is 1. The third-order valence-electron chi connectivity index (χ3n) is 4.91. The summed E-state index contributed by atoms with van der Waals surface area (Å²) in [5.74, 6) is 0.376. The number of urea groups is 1. The standard InChI is InChI=1S/C22H25Cl3N4O3S/c1-28(33(31,32)20-5-2-4-19(24)21(20)25)14-15-29(13-3-11-23)22(30)27-12-10-17-6-8-18(16-26)9-7-17/h2,4-9H,3,10-15H2,1H3,(H,27,30). The van der Waals surface area contributed by atoms with E-state index in [0.717, 1.165) is 9.87 Å². The Hall–Kier alpha value is -2.02. The molecule has 0 aliphatic heterocycles. The summed E-state index contributed by atoms with van der Waals surface area (Å²) in [4.78, 5) is 14.1. The average molecular weight is 532 g/mol. The van der Waals surface area contributed by atoms with Crippen molar-refractivity contribution < 1.29 is 13.2 Å². The Morgan fingerprint density at radius 1 is 1.09 bits per heavy atom. The van der Waals surface area contributed by atoms with E-state index in [-0.39, 0.29) is 34.1 Å². The van der Waals surface area contributed by atoms with Crippen molar-refractivity contribution in [2.45, 2.75) is 17.7 Å². The van der Waals surface area contributed by atoms with Crippen molar-refractivity contribution in [3.63, 3.8) is 0 Å². The second-order valence-corrected chi connectivity index (χ2v) is 10.4. The second kappa shape index (κ2) is 13.0. The van der Waals surface area contributed by atoms with Crippen LogP contribution in [-0.2, 0) is 16.4 Å². The normalized spacial score (nSPS) is 11.3. The zero-order valence-electron chi connectivity index (χ0n) is 18.1. The lowest BCUT2D eigenvalue weighted by atomic mass is 10.1. The summed E-state index contributed by atoms with van der Waals surface area (Å²) in [5, 5.41) is 11.8. The van der Waals surface area contributed by atoms with Gasteiger partial charge in [0.05, 0.1) is 21.7 Å². The molecule has 2 rings (SSSR count). The molecule has 11 heteroatoms. The summed E-state index contributed by atoms with van der Waals surface area (Å²) in [6.45, 7) is 1.02. The smallest absolute Gasteiger partial charge is 0.317 e. The number of hydrogen-bond donors (Lipinski definition) is 1. The molecule has 178 valence electrons. The monoisotopic (exact) mass is 530 g/mol. The first kappa shape index (κ1) is 27.2. The summed E-state index contributed by atoms with van der Waals surface area (Å²) in [6.07, 6.45) is 1.17. The third-order valence-corrected chi connectivity index (χ3v) is 8.01. The summed E-state index contributed by atoms with van der Waals surface area (Å²) in [5.41, 5.74) is 1.57. The first-order valence-electron chi connectivity index (χ1n) is 10.2. The van der Waals surface area contributed by atoms with Crippen molar-refractivity contribution in [3.05, 3.63) is 63.6 Å². The number of nitriles is 1. The van der Waals surface area contributed by atoms with Crippen molar-refractivity contribution in [3.8, 4) is 6.07 Å². The Morgan fingerprint density at radius 2 is 1.79 bits per heavy atom. The maximum absolute atomic E-state index is 12.9. The van der Waals surface area contributed by atoms with Gasteiger partial charge in [0.1, 0.15) is 4.90 Å². The van der Waals surface area contributed by atoms with Crippen molar-refractivity contribution >= 4 is 50.9 Å². The quantitative estimate of drug-likeness (QED) is 0.436. The lowest BCUT2D eigenvalue weighted by Crippen LogP contribution is -2.45. The average Bonchev–Trinajstić information content (AvgIpc) is 2.80. The summed E-state index contributed by atoms with van der Waals surface area (Å²) in [6, 6.07) is 13.3. The molecule has 0 fully saturated rings. The van der Waals surface area contributed by atoms with E-state index >= 15 is 0 Å². The number of nitrogens with zero attached hydrogens (tertiary/aromatic N) is 3. The fourth-order valence-corrected chi connectivity index (χ4v) is 4.98. The van der Waals surface area contributed by atoms with Crippen LogP contribution in [0.15, 0.2) is 47.4 Å². The molecule has 0 aliphatic rings. The van der Waals surface area contributed by atoms with Crippen LogP contribution in [0.1, 0.15) is 17.5 Å². The number of likely N-dealkylation sites (N-methyl/N-ethyl adjacent to an activating group) is 1. The number of benzene rings is 2. The Labute approximate surface area is 209 Å². The van der Waals surface area contributed by atoms with E-state index in [1.165, 1.54) is 30.1 Å². The van der Waals surface area contributed by atoms with Crippen LogP contribution in [0.4, 0.5) is 4.79 Å². The minimum Gasteiger partial charge on any atom is -0.338 e. The van der Waals surface area contributed by atoms with Crippen LogP contribution in [0.5, 0.6) is 0 Å². The highest BCUT2D eigenvalue weighted by Gasteiger charge is 2.25. The number of nitrogens with one attached hydrogen (secondary N) is 1. The van der Waals surface area contributed by atoms with Gasteiger partial charge in [0.25, 0.3) is 0 Å². The van der Waals surface area contributed by atoms with Crippen LogP contribution in [0.3, 0.4) is 0 Å². The van der Waals surface area contributed by atoms with Gasteiger partial charge < -0.3 is 10.2 Å². The number of amides is 2. The predicted molar refractivity (Wildman–Crippen MR) is 131 cm³/mol. The molecule has 7 nitrogen and oxygen atoms in total. The molecule has 0 saturated carbocycles.